The number of rotatable bonds is 5. The molecule has 0 heterocycles. The molecule has 0 aromatic heterocycles. The molecule has 0 saturated carbocycles. The Morgan fingerprint density at radius 3 is 2.45 bits per heavy atom. The molecule has 0 radical (unpaired) electrons. The van der Waals surface area contributed by atoms with E-state index >= 15 is 0 Å². The first kappa shape index (κ1) is 13.7. The summed E-state index contributed by atoms with van der Waals surface area (Å²) in [6, 6.07) is 11.6. The summed E-state index contributed by atoms with van der Waals surface area (Å²) in [5.41, 5.74) is 0.561. The highest BCUT2D eigenvalue weighted by atomic mass is 16.6. The van der Waals surface area contributed by atoms with Crippen molar-refractivity contribution in [1.29, 1.82) is 0 Å². The highest BCUT2D eigenvalue weighted by Gasteiger charge is 2.12. The van der Waals surface area contributed by atoms with Crippen LogP contribution in [0.2, 0.25) is 0 Å². The largest absolute Gasteiger partial charge is 0.493 e. The van der Waals surface area contributed by atoms with Crippen LogP contribution in [0.1, 0.15) is 0 Å². The van der Waals surface area contributed by atoms with Crippen molar-refractivity contribution in [2.75, 3.05) is 19.5 Å². The van der Waals surface area contributed by atoms with Gasteiger partial charge in [-0.3, -0.25) is 10.1 Å². The van der Waals surface area contributed by atoms with Gasteiger partial charge in [-0.25, -0.2) is 0 Å². The fourth-order valence-electron chi connectivity index (χ4n) is 1.72. The normalized spacial score (nSPS) is 9.90. The Labute approximate surface area is 116 Å². The summed E-state index contributed by atoms with van der Waals surface area (Å²) in [5.74, 6) is 1.43. The van der Waals surface area contributed by atoms with Gasteiger partial charge in [0.25, 0.3) is 5.69 Å². The van der Waals surface area contributed by atoms with Crippen LogP contribution in [0.5, 0.6) is 17.2 Å². The maximum atomic E-state index is 10.9. The van der Waals surface area contributed by atoms with E-state index in [4.69, 9.17) is 9.47 Å². The fraction of sp³-hybridized carbons (Fsp3) is 0.143. The molecule has 2 rings (SSSR count). The summed E-state index contributed by atoms with van der Waals surface area (Å²) in [6.45, 7) is 0. The number of nitrogens with zero attached hydrogens (tertiary/aromatic N) is 1. The van der Waals surface area contributed by atoms with E-state index in [1.807, 2.05) is 6.07 Å². The third-order valence-electron chi connectivity index (χ3n) is 2.69. The Morgan fingerprint density at radius 2 is 1.85 bits per heavy atom. The number of nitrogens with one attached hydrogen (secondary N) is 1. The van der Waals surface area contributed by atoms with E-state index in [1.54, 1.807) is 31.3 Å². The first-order valence-electron chi connectivity index (χ1n) is 5.92. The number of nitro groups is 1. The van der Waals surface area contributed by atoms with Crippen LogP contribution in [0.15, 0.2) is 42.5 Å². The molecule has 0 fully saturated rings. The molecule has 0 unspecified atom stereocenters. The van der Waals surface area contributed by atoms with E-state index in [0.29, 0.717) is 22.9 Å². The van der Waals surface area contributed by atoms with Crippen molar-refractivity contribution in [3.8, 4) is 17.2 Å². The van der Waals surface area contributed by atoms with Crippen LogP contribution in [0.3, 0.4) is 0 Å². The summed E-state index contributed by atoms with van der Waals surface area (Å²) in [5, 5.41) is 13.8. The van der Waals surface area contributed by atoms with Crippen molar-refractivity contribution < 1.29 is 14.4 Å². The molecule has 0 bridgehead atoms. The monoisotopic (exact) mass is 274 g/mol. The second kappa shape index (κ2) is 5.92. The van der Waals surface area contributed by atoms with Crippen LogP contribution in [0, 0.1) is 10.1 Å². The van der Waals surface area contributed by atoms with Gasteiger partial charge in [0.2, 0.25) is 0 Å². The number of ether oxygens (including phenoxy) is 2. The quantitative estimate of drug-likeness (QED) is 0.667. The predicted octanol–water partition coefficient (Wildman–Crippen LogP) is 3.44. The first-order chi connectivity index (χ1) is 9.63. The van der Waals surface area contributed by atoms with Crippen molar-refractivity contribution in [3.05, 3.63) is 52.6 Å². The Morgan fingerprint density at radius 1 is 1.15 bits per heavy atom. The lowest BCUT2D eigenvalue weighted by Gasteiger charge is -2.11. The lowest BCUT2D eigenvalue weighted by atomic mass is 10.2. The second-order valence-electron chi connectivity index (χ2n) is 3.98. The Balaban J connectivity index is 2.37. The van der Waals surface area contributed by atoms with Crippen molar-refractivity contribution >= 4 is 11.4 Å². The van der Waals surface area contributed by atoms with Crippen LogP contribution in [-0.4, -0.2) is 19.1 Å². The molecule has 6 nitrogen and oxygen atoms in total. The number of non-ortho nitro benzene ring substituents is 1. The van der Waals surface area contributed by atoms with Gasteiger partial charge in [-0.2, -0.15) is 0 Å². The van der Waals surface area contributed by atoms with Gasteiger partial charge >= 0.3 is 0 Å². The summed E-state index contributed by atoms with van der Waals surface area (Å²) in [6.07, 6.45) is 0. The number of para-hydroxylation sites is 2. The summed E-state index contributed by atoms with van der Waals surface area (Å²) < 4.78 is 10.8. The maximum Gasteiger partial charge on any atom is 0.275 e. The molecular weight excluding hydrogens is 260 g/mol. The Bertz CT molecular complexity index is 628. The third-order valence-corrected chi connectivity index (χ3v) is 2.69. The Hall–Kier alpha value is -2.76. The van der Waals surface area contributed by atoms with Crippen molar-refractivity contribution in [2.45, 2.75) is 0 Å². The minimum absolute atomic E-state index is 0.0400. The number of methoxy groups -OCH3 is 1. The number of nitro benzene ring substituents is 1. The van der Waals surface area contributed by atoms with Gasteiger partial charge in [-0.05, 0) is 12.1 Å². The van der Waals surface area contributed by atoms with E-state index in [0.717, 1.165) is 0 Å². The number of hydrogen-bond donors (Lipinski definition) is 1. The SMILES string of the molecule is CNc1cc(Oc2ccccc2OC)cc([N+](=O)[O-])c1. The average Bonchev–Trinajstić information content (AvgIpc) is 2.47. The van der Waals surface area contributed by atoms with Crippen LogP contribution in [0.25, 0.3) is 0 Å². The van der Waals surface area contributed by atoms with Crippen molar-refractivity contribution in [2.24, 2.45) is 0 Å². The molecule has 0 aliphatic heterocycles. The van der Waals surface area contributed by atoms with E-state index in [1.165, 1.54) is 19.2 Å². The molecular formula is C14H14N2O4. The zero-order valence-electron chi connectivity index (χ0n) is 11.1. The maximum absolute atomic E-state index is 10.9. The highest BCUT2D eigenvalue weighted by molar-refractivity contribution is 5.57. The number of hydrogen-bond acceptors (Lipinski definition) is 5. The van der Waals surface area contributed by atoms with Crippen molar-refractivity contribution in [1.82, 2.24) is 0 Å². The minimum Gasteiger partial charge on any atom is -0.493 e. The standard InChI is InChI=1S/C14H14N2O4/c1-15-10-7-11(16(17)18)9-12(8-10)20-14-6-4-3-5-13(14)19-2/h3-9,15H,1-2H3. The highest BCUT2D eigenvalue weighted by Crippen LogP contribution is 2.34. The molecule has 0 amide bonds. The molecule has 0 spiro atoms. The number of benzene rings is 2. The van der Waals surface area contributed by atoms with Gasteiger partial charge in [0, 0.05) is 24.9 Å². The molecule has 0 aliphatic carbocycles. The van der Waals surface area contributed by atoms with Crippen LogP contribution >= 0.6 is 0 Å². The summed E-state index contributed by atoms with van der Waals surface area (Å²) >= 11 is 0. The first-order valence-corrected chi connectivity index (χ1v) is 5.92. The zero-order valence-corrected chi connectivity index (χ0v) is 11.1. The molecule has 1 N–H and O–H groups in total. The summed E-state index contributed by atoms with van der Waals surface area (Å²) in [7, 11) is 3.22. The third kappa shape index (κ3) is 2.97. The van der Waals surface area contributed by atoms with Crippen LogP contribution in [-0.2, 0) is 0 Å². The number of anilines is 1. The smallest absolute Gasteiger partial charge is 0.275 e. The van der Waals surface area contributed by atoms with E-state index in [9.17, 15) is 10.1 Å². The van der Waals surface area contributed by atoms with Crippen LogP contribution in [0.4, 0.5) is 11.4 Å². The molecule has 104 valence electrons. The van der Waals surface area contributed by atoms with Gasteiger partial charge in [0.1, 0.15) is 5.75 Å². The van der Waals surface area contributed by atoms with Gasteiger partial charge in [-0.15, -0.1) is 0 Å². The van der Waals surface area contributed by atoms with Crippen molar-refractivity contribution in [3.63, 3.8) is 0 Å². The van der Waals surface area contributed by atoms with Crippen LogP contribution < -0.4 is 14.8 Å². The Kier molecular flexibility index (Phi) is 4.05. The zero-order chi connectivity index (χ0) is 14.5. The fourth-order valence-corrected chi connectivity index (χ4v) is 1.72. The molecule has 6 heteroatoms. The van der Waals surface area contributed by atoms with E-state index in [2.05, 4.69) is 5.32 Å². The predicted molar refractivity (Wildman–Crippen MR) is 75.7 cm³/mol. The van der Waals surface area contributed by atoms with Gasteiger partial charge in [-0.1, -0.05) is 12.1 Å². The summed E-state index contributed by atoms with van der Waals surface area (Å²) in [4.78, 5) is 10.4. The van der Waals surface area contributed by atoms with Gasteiger partial charge in [0.15, 0.2) is 11.5 Å². The van der Waals surface area contributed by atoms with Gasteiger partial charge in [0.05, 0.1) is 18.1 Å². The molecule has 2 aromatic rings. The average molecular weight is 274 g/mol. The molecule has 0 atom stereocenters. The van der Waals surface area contributed by atoms with E-state index < -0.39 is 4.92 Å². The molecule has 2 aromatic carbocycles. The van der Waals surface area contributed by atoms with E-state index in [-0.39, 0.29) is 5.69 Å². The van der Waals surface area contributed by atoms with Gasteiger partial charge < -0.3 is 14.8 Å². The molecule has 0 saturated heterocycles. The molecule has 0 aliphatic rings. The topological polar surface area (TPSA) is 73.6 Å². The minimum atomic E-state index is -0.462. The lowest BCUT2D eigenvalue weighted by Crippen LogP contribution is -1.95. The molecule has 20 heavy (non-hydrogen) atoms. The second-order valence-corrected chi connectivity index (χ2v) is 3.98. The lowest BCUT2D eigenvalue weighted by molar-refractivity contribution is -0.384.